The summed E-state index contributed by atoms with van der Waals surface area (Å²) in [6.45, 7) is 7.40. The molecule has 0 aliphatic rings. The van der Waals surface area contributed by atoms with Crippen LogP contribution in [0.15, 0.2) is 10.6 Å². The molecule has 0 fully saturated rings. The van der Waals surface area contributed by atoms with Crippen molar-refractivity contribution >= 4 is 0 Å². The molecule has 0 atom stereocenters. The Morgan fingerprint density at radius 2 is 2.35 bits per heavy atom. The molecule has 4 heteroatoms. The summed E-state index contributed by atoms with van der Waals surface area (Å²) in [5.74, 6) is 4.09. The number of nitrogens with one attached hydrogen (secondary N) is 1. The smallest absolute Gasteiger partial charge is 0.151 e. The van der Waals surface area contributed by atoms with Gasteiger partial charge in [-0.2, -0.15) is 0 Å². The molecule has 0 aliphatic carbocycles. The Morgan fingerprint density at radius 1 is 1.59 bits per heavy atom. The van der Waals surface area contributed by atoms with Crippen LogP contribution in [-0.2, 0) is 13.1 Å². The molecule has 0 amide bonds. The molecule has 0 radical (unpaired) electrons. The fourth-order valence-corrected chi connectivity index (χ4v) is 1.48. The molecule has 0 spiro atoms. The average molecular weight is 235 g/mol. The Labute approximate surface area is 103 Å². The standard InChI is InChI=1S/C13H21N3O/c1-5-6-16(4)10-13-7-12(15-17-13)9-14-8-11(2)3/h1,7,11,14H,6,8-10H2,2-4H3. The highest BCUT2D eigenvalue weighted by molar-refractivity contribution is 5.05. The summed E-state index contributed by atoms with van der Waals surface area (Å²) < 4.78 is 5.24. The van der Waals surface area contributed by atoms with Gasteiger partial charge in [-0.25, -0.2) is 0 Å². The van der Waals surface area contributed by atoms with Gasteiger partial charge in [-0.05, 0) is 19.5 Å². The highest BCUT2D eigenvalue weighted by Crippen LogP contribution is 2.06. The lowest BCUT2D eigenvalue weighted by Crippen LogP contribution is -2.19. The molecule has 17 heavy (non-hydrogen) atoms. The molecule has 1 aromatic rings. The largest absolute Gasteiger partial charge is 0.360 e. The second kappa shape index (κ2) is 7.10. The lowest BCUT2D eigenvalue weighted by atomic mass is 10.2. The minimum atomic E-state index is 0.613. The number of nitrogens with zero attached hydrogens (tertiary/aromatic N) is 2. The van der Waals surface area contributed by atoms with Crippen LogP contribution in [-0.4, -0.2) is 30.2 Å². The van der Waals surface area contributed by atoms with E-state index in [2.05, 4.69) is 30.2 Å². The van der Waals surface area contributed by atoms with Gasteiger partial charge in [0.15, 0.2) is 5.76 Å². The van der Waals surface area contributed by atoms with E-state index in [1.807, 2.05) is 18.0 Å². The summed E-state index contributed by atoms with van der Waals surface area (Å²) in [6, 6.07) is 1.97. The molecule has 1 N–H and O–H groups in total. The summed E-state index contributed by atoms with van der Waals surface area (Å²) in [5.41, 5.74) is 0.940. The first kappa shape index (κ1) is 13.8. The van der Waals surface area contributed by atoms with Gasteiger partial charge in [-0.3, -0.25) is 4.90 Å². The first-order valence-corrected chi connectivity index (χ1v) is 5.89. The molecule has 94 valence electrons. The zero-order valence-electron chi connectivity index (χ0n) is 10.9. The fraction of sp³-hybridized carbons (Fsp3) is 0.615. The number of hydrogen-bond acceptors (Lipinski definition) is 4. The van der Waals surface area contributed by atoms with Crippen molar-refractivity contribution in [2.45, 2.75) is 26.9 Å². The molecule has 0 unspecified atom stereocenters. The molecule has 0 bridgehead atoms. The predicted molar refractivity (Wildman–Crippen MR) is 68.2 cm³/mol. The summed E-state index contributed by atoms with van der Waals surface area (Å²) in [6.07, 6.45) is 5.23. The zero-order valence-corrected chi connectivity index (χ0v) is 10.9. The minimum absolute atomic E-state index is 0.613. The van der Waals surface area contributed by atoms with E-state index < -0.39 is 0 Å². The van der Waals surface area contributed by atoms with Crippen LogP contribution in [0, 0.1) is 18.3 Å². The van der Waals surface area contributed by atoms with Crippen LogP contribution in [0.5, 0.6) is 0 Å². The highest BCUT2D eigenvalue weighted by Gasteiger charge is 2.06. The fourth-order valence-electron chi connectivity index (χ4n) is 1.48. The van der Waals surface area contributed by atoms with E-state index in [-0.39, 0.29) is 0 Å². The van der Waals surface area contributed by atoms with Crippen molar-refractivity contribution in [1.29, 1.82) is 0 Å². The molecular formula is C13H21N3O. The third-order valence-electron chi connectivity index (χ3n) is 2.25. The Kier molecular flexibility index (Phi) is 5.75. The van der Waals surface area contributed by atoms with Crippen molar-refractivity contribution in [2.75, 3.05) is 20.1 Å². The number of terminal acetylenes is 1. The van der Waals surface area contributed by atoms with Gasteiger partial charge in [0.2, 0.25) is 0 Å². The monoisotopic (exact) mass is 235 g/mol. The third kappa shape index (κ3) is 5.53. The first-order valence-electron chi connectivity index (χ1n) is 5.89. The second-order valence-electron chi connectivity index (χ2n) is 4.69. The van der Waals surface area contributed by atoms with Gasteiger partial charge in [0, 0.05) is 12.6 Å². The molecule has 0 aromatic carbocycles. The predicted octanol–water partition coefficient (Wildman–Crippen LogP) is 1.49. The van der Waals surface area contributed by atoms with E-state index in [4.69, 9.17) is 10.9 Å². The summed E-state index contributed by atoms with van der Waals surface area (Å²) in [5, 5.41) is 7.33. The van der Waals surface area contributed by atoms with Crippen LogP contribution in [0.2, 0.25) is 0 Å². The van der Waals surface area contributed by atoms with Gasteiger partial charge in [0.25, 0.3) is 0 Å². The van der Waals surface area contributed by atoms with Crippen molar-refractivity contribution in [2.24, 2.45) is 5.92 Å². The molecule has 0 saturated heterocycles. The van der Waals surface area contributed by atoms with E-state index in [1.165, 1.54) is 0 Å². The van der Waals surface area contributed by atoms with Crippen molar-refractivity contribution in [3.63, 3.8) is 0 Å². The third-order valence-corrected chi connectivity index (χ3v) is 2.25. The summed E-state index contributed by atoms with van der Waals surface area (Å²) >= 11 is 0. The van der Waals surface area contributed by atoms with Gasteiger partial charge in [0.1, 0.15) is 0 Å². The van der Waals surface area contributed by atoms with Gasteiger partial charge in [-0.1, -0.05) is 24.9 Å². The maximum atomic E-state index is 5.24. The number of hydrogen-bond donors (Lipinski definition) is 1. The van der Waals surface area contributed by atoms with E-state index in [0.717, 1.165) is 24.5 Å². The first-order chi connectivity index (χ1) is 8.11. The van der Waals surface area contributed by atoms with E-state index in [0.29, 0.717) is 19.0 Å². The van der Waals surface area contributed by atoms with Gasteiger partial charge in [0.05, 0.1) is 18.8 Å². The molecule has 1 aromatic heterocycles. The van der Waals surface area contributed by atoms with E-state index in [9.17, 15) is 0 Å². The van der Waals surface area contributed by atoms with E-state index >= 15 is 0 Å². The molecule has 0 saturated carbocycles. The van der Waals surface area contributed by atoms with Crippen LogP contribution < -0.4 is 5.32 Å². The van der Waals surface area contributed by atoms with Crippen LogP contribution in [0.25, 0.3) is 0 Å². The number of aromatic nitrogens is 1. The molecule has 4 nitrogen and oxygen atoms in total. The van der Waals surface area contributed by atoms with Crippen molar-refractivity contribution < 1.29 is 4.52 Å². The SMILES string of the molecule is C#CCN(C)Cc1cc(CNCC(C)C)no1. The van der Waals surface area contributed by atoms with Crippen molar-refractivity contribution in [3.05, 3.63) is 17.5 Å². The maximum absolute atomic E-state index is 5.24. The maximum Gasteiger partial charge on any atom is 0.151 e. The lowest BCUT2D eigenvalue weighted by Gasteiger charge is -2.09. The number of rotatable bonds is 7. The minimum Gasteiger partial charge on any atom is -0.360 e. The summed E-state index contributed by atoms with van der Waals surface area (Å²) in [4.78, 5) is 2.01. The van der Waals surface area contributed by atoms with Gasteiger partial charge in [-0.15, -0.1) is 6.42 Å². The molecule has 1 heterocycles. The van der Waals surface area contributed by atoms with Crippen molar-refractivity contribution in [3.8, 4) is 12.3 Å². The van der Waals surface area contributed by atoms with Gasteiger partial charge < -0.3 is 9.84 Å². The Bertz CT molecular complexity index is 365. The molecular weight excluding hydrogens is 214 g/mol. The van der Waals surface area contributed by atoms with E-state index in [1.54, 1.807) is 0 Å². The zero-order chi connectivity index (χ0) is 12.7. The van der Waals surface area contributed by atoms with Crippen LogP contribution in [0.3, 0.4) is 0 Å². The van der Waals surface area contributed by atoms with Crippen LogP contribution in [0.1, 0.15) is 25.3 Å². The lowest BCUT2D eigenvalue weighted by molar-refractivity contribution is 0.292. The quantitative estimate of drug-likeness (QED) is 0.727. The van der Waals surface area contributed by atoms with Crippen LogP contribution in [0.4, 0.5) is 0 Å². The van der Waals surface area contributed by atoms with Crippen molar-refractivity contribution in [1.82, 2.24) is 15.4 Å². The Hall–Kier alpha value is -1.31. The Balaban J connectivity index is 2.35. The van der Waals surface area contributed by atoms with Gasteiger partial charge >= 0.3 is 0 Å². The normalized spacial score (nSPS) is 11.1. The average Bonchev–Trinajstić information content (AvgIpc) is 2.65. The Morgan fingerprint density at radius 3 is 3.00 bits per heavy atom. The summed E-state index contributed by atoms with van der Waals surface area (Å²) in [7, 11) is 1.96. The molecule has 1 rings (SSSR count). The highest BCUT2D eigenvalue weighted by atomic mass is 16.5. The topological polar surface area (TPSA) is 41.3 Å². The molecule has 0 aliphatic heterocycles. The van der Waals surface area contributed by atoms with Crippen LogP contribution >= 0.6 is 0 Å². The second-order valence-corrected chi connectivity index (χ2v) is 4.69.